The van der Waals surface area contributed by atoms with Crippen LogP contribution >= 0.6 is 0 Å². The SMILES string of the molecule is CC(C)C[C@H]1CN(C(=O)c2cnn(-c3ccc(F)cc3)c2)[C@@H](CC(C)C)C(=O)N1. The van der Waals surface area contributed by atoms with Crippen LogP contribution in [-0.2, 0) is 4.79 Å². The molecule has 7 heteroatoms. The molecule has 2 heterocycles. The Morgan fingerprint density at radius 1 is 1.17 bits per heavy atom. The number of piperazine rings is 1. The van der Waals surface area contributed by atoms with Crippen LogP contribution in [0.15, 0.2) is 36.7 Å². The molecule has 0 bridgehead atoms. The van der Waals surface area contributed by atoms with Crippen LogP contribution in [0.5, 0.6) is 0 Å². The third-order valence-corrected chi connectivity index (χ3v) is 5.07. The summed E-state index contributed by atoms with van der Waals surface area (Å²) in [5, 5.41) is 7.34. The van der Waals surface area contributed by atoms with Gasteiger partial charge in [0.05, 0.1) is 17.4 Å². The van der Waals surface area contributed by atoms with Gasteiger partial charge in [0.2, 0.25) is 5.91 Å². The molecule has 0 radical (unpaired) electrons. The summed E-state index contributed by atoms with van der Waals surface area (Å²) >= 11 is 0. The van der Waals surface area contributed by atoms with Gasteiger partial charge in [-0.15, -0.1) is 0 Å². The van der Waals surface area contributed by atoms with Crippen molar-refractivity contribution >= 4 is 11.8 Å². The first kappa shape index (κ1) is 21.0. The van der Waals surface area contributed by atoms with Crippen molar-refractivity contribution < 1.29 is 14.0 Å². The molecule has 1 saturated heterocycles. The van der Waals surface area contributed by atoms with E-state index in [1.54, 1.807) is 27.9 Å². The molecule has 3 rings (SSSR count). The number of benzene rings is 1. The average Bonchev–Trinajstić information content (AvgIpc) is 3.13. The largest absolute Gasteiger partial charge is 0.350 e. The average molecular weight is 400 g/mol. The second-order valence-corrected chi connectivity index (χ2v) is 8.59. The van der Waals surface area contributed by atoms with Crippen LogP contribution in [0.3, 0.4) is 0 Å². The van der Waals surface area contributed by atoms with Crippen molar-refractivity contribution in [3.63, 3.8) is 0 Å². The number of carbonyl (C=O) groups is 2. The van der Waals surface area contributed by atoms with Gasteiger partial charge in [-0.1, -0.05) is 27.7 Å². The van der Waals surface area contributed by atoms with Crippen molar-refractivity contribution in [3.05, 3.63) is 48.0 Å². The zero-order valence-corrected chi connectivity index (χ0v) is 17.4. The minimum absolute atomic E-state index is 0.0537. The highest BCUT2D eigenvalue weighted by Crippen LogP contribution is 2.22. The Kier molecular flexibility index (Phi) is 6.35. The molecule has 2 aromatic rings. The number of carbonyl (C=O) groups excluding carboxylic acids is 2. The summed E-state index contributed by atoms with van der Waals surface area (Å²) in [6.45, 7) is 8.78. The number of hydrogen-bond donors (Lipinski definition) is 1. The van der Waals surface area contributed by atoms with Crippen LogP contribution < -0.4 is 5.32 Å². The molecule has 1 aromatic carbocycles. The summed E-state index contributed by atoms with van der Waals surface area (Å²) in [7, 11) is 0. The Hall–Kier alpha value is -2.70. The summed E-state index contributed by atoms with van der Waals surface area (Å²) in [6, 6.07) is 5.36. The molecule has 1 N–H and O–H groups in total. The molecule has 6 nitrogen and oxygen atoms in total. The molecule has 0 saturated carbocycles. The fourth-order valence-corrected chi connectivity index (χ4v) is 3.79. The molecule has 0 unspecified atom stereocenters. The molecule has 0 aliphatic carbocycles. The maximum Gasteiger partial charge on any atom is 0.257 e. The normalized spacial score (nSPS) is 19.7. The van der Waals surface area contributed by atoms with E-state index in [2.05, 4.69) is 24.3 Å². The van der Waals surface area contributed by atoms with E-state index in [9.17, 15) is 14.0 Å². The lowest BCUT2D eigenvalue weighted by Gasteiger charge is -2.40. The summed E-state index contributed by atoms with van der Waals surface area (Å²) < 4.78 is 14.7. The molecule has 1 fully saturated rings. The van der Waals surface area contributed by atoms with Gasteiger partial charge in [0.25, 0.3) is 5.91 Å². The standard InChI is InChI=1S/C22H29FN4O2/c1-14(2)9-18-13-26(20(10-15(3)4)21(28)25-18)22(29)16-11-24-27(12-16)19-7-5-17(23)6-8-19/h5-8,11-12,14-15,18,20H,9-10,13H2,1-4H3,(H,25,28)/t18-,20-/m0/s1. The Morgan fingerprint density at radius 2 is 1.83 bits per heavy atom. The fraction of sp³-hybridized carbons (Fsp3) is 0.500. The van der Waals surface area contributed by atoms with Crippen LogP contribution in [0.25, 0.3) is 5.69 Å². The fourth-order valence-electron chi connectivity index (χ4n) is 3.79. The molecule has 1 aliphatic rings. The molecule has 1 aromatic heterocycles. The summed E-state index contributed by atoms with van der Waals surface area (Å²) in [4.78, 5) is 27.8. The maximum atomic E-state index is 13.3. The number of amides is 2. The predicted octanol–water partition coefficient (Wildman–Crippen LogP) is 3.41. The second-order valence-electron chi connectivity index (χ2n) is 8.59. The molecule has 2 atom stereocenters. The van der Waals surface area contributed by atoms with Crippen molar-refractivity contribution in [3.8, 4) is 5.69 Å². The second kappa shape index (κ2) is 8.76. The molecule has 156 valence electrons. The highest BCUT2D eigenvalue weighted by molar-refractivity contribution is 5.98. The molecule has 2 amide bonds. The van der Waals surface area contributed by atoms with Gasteiger partial charge in [0.1, 0.15) is 11.9 Å². The van der Waals surface area contributed by atoms with Gasteiger partial charge in [0, 0.05) is 18.8 Å². The molecular weight excluding hydrogens is 371 g/mol. The first-order valence-electron chi connectivity index (χ1n) is 10.2. The molecule has 0 spiro atoms. The minimum Gasteiger partial charge on any atom is -0.350 e. The monoisotopic (exact) mass is 400 g/mol. The Bertz CT molecular complexity index is 860. The van der Waals surface area contributed by atoms with Crippen LogP contribution in [-0.4, -0.2) is 45.1 Å². The third kappa shape index (κ3) is 5.02. The van der Waals surface area contributed by atoms with E-state index in [-0.39, 0.29) is 29.6 Å². The summed E-state index contributed by atoms with van der Waals surface area (Å²) in [5.74, 6) is 0.0801. The number of rotatable bonds is 6. The lowest BCUT2D eigenvalue weighted by atomic mass is 9.94. The van der Waals surface area contributed by atoms with E-state index in [1.807, 2.05) is 13.8 Å². The number of aromatic nitrogens is 2. The number of nitrogens with zero attached hydrogens (tertiary/aromatic N) is 3. The zero-order chi connectivity index (χ0) is 21.1. The van der Waals surface area contributed by atoms with Gasteiger partial charge in [0.15, 0.2) is 0 Å². The van der Waals surface area contributed by atoms with Gasteiger partial charge in [-0.25, -0.2) is 9.07 Å². The number of hydrogen-bond acceptors (Lipinski definition) is 3. The molecule has 1 aliphatic heterocycles. The van der Waals surface area contributed by atoms with E-state index in [1.165, 1.54) is 18.3 Å². The molecular formula is C22H29FN4O2. The van der Waals surface area contributed by atoms with Gasteiger partial charge in [-0.2, -0.15) is 5.10 Å². The minimum atomic E-state index is -0.486. The topological polar surface area (TPSA) is 67.2 Å². The van der Waals surface area contributed by atoms with Gasteiger partial charge in [-0.05, 0) is 48.9 Å². The van der Waals surface area contributed by atoms with Crippen molar-refractivity contribution in [2.45, 2.75) is 52.6 Å². The van der Waals surface area contributed by atoms with Gasteiger partial charge in [-0.3, -0.25) is 9.59 Å². The van der Waals surface area contributed by atoms with Crippen LogP contribution in [0, 0.1) is 17.7 Å². The van der Waals surface area contributed by atoms with Crippen molar-refractivity contribution in [2.75, 3.05) is 6.54 Å². The first-order valence-corrected chi connectivity index (χ1v) is 10.2. The lowest BCUT2D eigenvalue weighted by Crippen LogP contribution is -2.62. The van der Waals surface area contributed by atoms with Crippen LogP contribution in [0.1, 0.15) is 50.9 Å². The Labute approximate surface area is 171 Å². The maximum absolute atomic E-state index is 13.3. The summed E-state index contributed by atoms with van der Waals surface area (Å²) in [5.41, 5.74) is 1.08. The van der Waals surface area contributed by atoms with Gasteiger partial charge >= 0.3 is 0 Å². The van der Waals surface area contributed by atoms with E-state index < -0.39 is 6.04 Å². The lowest BCUT2D eigenvalue weighted by molar-refractivity contribution is -0.130. The summed E-state index contributed by atoms with van der Waals surface area (Å²) in [6.07, 6.45) is 4.56. The van der Waals surface area contributed by atoms with Crippen molar-refractivity contribution in [1.82, 2.24) is 20.0 Å². The number of halogens is 1. The van der Waals surface area contributed by atoms with Crippen molar-refractivity contribution in [1.29, 1.82) is 0 Å². The highest BCUT2D eigenvalue weighted by atomic mass is 19.1. The number of nitrogens with one attached hydrogen (secondary N) is 1. The quantitative estimate of drug-likeness (QED) is 0.808. The zero-order valence-electron chi connectivity index (χ0n) is 17.4. The third-order valence-electron chi connectivity index (χ3n) is 5.07. The van der Waals surface area contributed by atoms with Crippen LogP contribution in [0.4, 0.5) is 4.39 Å². The van der Waals surface area contributed by atoms with E-state index in [0.29, 0.717) is 30.1 Å². The van der Waals surface area contributed by atoms with Crippen LogP contribution in [0.2, 0.25) is 0 Å². The van der Waals surface area contributed by atoms with Crippen molar-refractivity contribution in [2.24, 2.45) is 11.8 Å². The Morgan fingerprint density at radius 3 is 2.45 bits per heavy atom. The molecule has 29 heavy (non-hydrogen) atoms. The predicted molar refractivity (Wildman–Crippen MR) is 109 cm³/mol. The smallest absolute Gasteiger partial charge is 0.257 e. The Balaban J connectivity index is 1.85. The van der Waals surface area contributed by atoms with Gasteiger partial charge < -0.3 is 10.2 Å². The van der Waals surface area contributed by atoms with E-state index >= 15 is 0 Å². The van der Waals surface area contributed by atoms with E-state index in [0.717, 1.165) is 6.42 Å². The van der Waals surface area contributed by atoms with E-state index in [4.69, 9.17) is 0 Å². The highest BCUT2D eigenvalue weighted by Gasteiger charge is 2.38. The first-order chi connectivity index (χ1) is 13.7.